The highest BCUT2D eigenvalue weighted by atomic mass is 19.1. The van der Waals surface area contributed by atoms with Crippen molar-refractivity contribution in [1.29, 1.82) is 0 Å². The number of nitrogens with zero attached hydrogens (tertiary/aromatic N) is 1. The first-order chi connectivity index (χ1) is 11.7. The van der Waals surface area contributed by atoms with Crippen LogP contribution >= 0.6 is 0 Å². The van der Waals surface area contributed by atoms with Gasteiger partial charge in [0, 0.05) is 11.1 Å². The van der Waals surface area contributed by atoms with Crippen LogP contribution in [0.4, 0.5) is 4.39 Å². The maximum atomic E-state index is 13.3. The zero-order valence-corrected chi connectivity index (χ0v) is 13.8. The highest BCUT2D eigenvalue weighted by Gasteiger charge is 2.25. The fourth-order valence-electron chi connectivity index (χ4n) is 3.13. The Balaban J connectivity index is 1.58. The third kappa shape index (κ3) is 3.74. The van der Waals surface area contributed by atoms with Gasteiger partial charge in [0.1, 0.15) is 18.1 Å². The molecule has 1 amide bonds. The zero-order valence-electron chi connectivity index (χ0n) is 13.8. The van der Waals surface area contributed by atoms with Crippen molar-refractivity contribution in [1.82, 2.24) is 4.90 Å². The van der Waals surface area contributed by atoms with Crippen LogP contribution in [0.15, 0.2) is 48.5 Å². The molecular weight excluding hydrogens is 307 g/mol. The summed E-state index contributed by atoms with van der Waals surface area (Å²) >= 11 is 0. The summed E-state index contributed by atoms with van der Waals surface area (Å²) in [5.74, 6) is 0.440. The number of hydrogen-bond donors (Lipinski definition) is 1. The van der Waals surface area contributed by atoms with Crippen molar-refractivity contribution in [3.05, 3.63) is 65.5 Å². The molecule has 4 nitrogen and oxygen atoms in total. The van der Waals surface area contributed by atoms with E-state index in [1.54, 1.807) is 24.1 Å². The normalized spacial score (nSPS) is 15.3. The third-order valence-corrected chi connectivity index (χ3v) is 4.46. The molecule has 1 saturated heterocycles. The van der Waals surface area contributed by atoms with Crippen LogP contribution in [0.2, 0.25) is 0 Å². The second-order valence-corrected chi connectivity index (χ2v) is 6.04. The van der Waals surface area contributed by atoms with Gasteiger partial charge in [0.05, 0.1) is 33.3 Å². The highest BCUT2D eigenvalue weighted by molar-refractivity contribution is 5.94. The van der Waals surface area contributed by atoms with Gasteiger partial charge in [0.25, 0.3) is 5.91 Å². The van der Waals surface area contributed by atoms with Crippen molar-refractivity contribution in [2.45, 2.75) is 6.54 Å². The number of quaternary nitrogens is 1. The Morgan fingerprint density at radius 2 is 1.92 bits per heavy atom. The van der Waals surface area contributed by atoms with E-state index in [0.29, 0.717) is 18.7 Å². The Morgan fingerprint density at radius 1 is 1.17 bits per heavy atom. The molecule has 5 heteroatoms. The van der Waals surface area contributed by atoms with Crippen molar-refractivity contribution in [3.8, 4) is 5.75 Å². The van der Waals surface area contributed by atoms with Crippen molar-refractivity contribution in [2.75, 3.05) is 33.3 Å². The number of para-hydroxylation sites is 1. The maximum Gasteiger partial charge on any atom is 0.254 e. The van der Waals surface area contributed by atoms with E-state index in [2.05, 4.69) is 6.07 Å². The molecular formula is C19H22FN2O2+. The van der Waals surface area contributed by atoms with Crippen LogP contribution < -0.4 is 9.64 Å². The number of carbonyl (C=O) groups is 1. The van der Waals surface area contributed by atoms with Gasteiger partial charge in [-0.2, -0.15) is 0 Å². The molecule has 0 bridgehead atoms. The number of hydrogen-bond acceptors (Lipinski definition) is 2. The summed E-state index contributed by atoms with van der Waals surface area (Å²) < 4.78 is 18.7. The van der Waals surface area contributed by atoms with E-state index in [1.165, 1.54) is 22.6 Å². The smallest absolute Gasteiger partial charge is 0.254 e. The fraction of sp³-hybridized carbons (Fsp3) is 0.316. The van der Waals surface area contributed by atoms with Crippen LogP contribution in [0.25, 0.3) is 0 Å². The second-order valence-electron chi connectivity index (χ2n) is 6.04. The molecule has 0 radical (unpaired) electrons. The van der Waals surface area contributed by atoms with Crippen molar-refractivity contribution < 1.29 is 18.8 Å². The average Bonchev–Trinajstić information content (AvgIpc) is 2.62. The third-order valence-electron chi connectivity index (χ3n) is 4.46. The van der Waals surface area contributed by atoms with Crippen LogP contribution in [0.5, 0.6) is 5.75 Å². The van der Waals surface area contributed by atoms with E-state index in [4.69, 9.17) is 4.74 Å². The van der Waals surface area contributed by atoms with E-state index in [-0.39, 0.29) is 11.7 Å². The quantitative estimate of drug-likeness (QED) is 0.919. The molecule has 0 saturated carbocycles. The average molecular weight is 329 g/mol. The van der Waals surface area contributed by atoms with Crippen LogP contribution in [-0.2, 0) is 6.54 Å². The summed E-state index contributed by atoms with van der Waals surface area (Å²) in [6.45, 7) is 3.99. The molecule has 0 aliphatic carbocycles. The highest BCUT2D eigenvalue weighted by Crippen LogP contribution is 2.16. The molecule has 1 heterocycles. The van der Waals surface area contributed by atoms with Gasteiger partial charge in [-0.05, 0) is 30.3 Å². The Bertz CT molecular complexity index is 712. The summed E-state index contributed by atoms with van der Waals surface area (Å²) in [5, 5.41) is 0. The lowest BCUT2D eigenvalue weighted by atomic mass is 10.1. The molecule has 1 N–H and O–H groups in total. The monoisotopic (exact) mass is 329 g/mol. The fourth-order valence-corrected chi connectivity index (χ4v) is 3.13. The molecule has 2 aromatic carbocycles. The number of amides is 1. The SMILES string of the molecule is COc1ccccc1C[NH+]1CCN(C(=O)c2cccc(F)c2)CC1. The lowest BCUT2D eigenvalue weighted by molar-refractivity contribution is -0.917. The van der Waals surface area contributed by atoms with Gasteiger partial charge >= 0.3 is 0 Å². The summed E-state index contributed by atoms with van der Waals surface area (Å²) in [4.78, 5) is 15.7. The van der Waals surface area contributed by atoms with Crippen molar-refractivity contribution >= 4 is 5.91 Å². The second kappa shape index (κ2) is 7.45. The largest absolute Gasteiger partial charge is 0.496 e. The van der Waals surface area contributed by atoms with Gasteiger partial charge in [0.2, 0.25) is 0 Å². The maximum absolute atomic E-state index is 13.3. The van der Waals surface area contributed by atoms with E-state index in [0.717, 1.165) is 25.4 Å². The molecule has 3 rings (SSSR count). The first-order valence-electron chi connectivity index (χ1n) is 8.17. The number of piperazine rings is 1. The molecule has 126 valence electrons. The predicted molar refractivity (Wildman–Crippen MR) is 89.7 cm³/mol. The predicted octanol–water partition coefficient (Wildman–Crippen LogP) is 1.38. The van der Waals surface area contributed by atoms with Gasteiger partial charge in [0.15, 0.2) is 0 Å². The number of benzene rings is 2. The Kier molecular flexibility index (Phi) is 5.11. The van der Waals surface area contributed by atoms with Crippen molar-refractivity contribution in [2.24, 2.45) is 0 Å². The topological polar surface area (TPSA) is 34.0 Å². The van der Waals surface area contributed by atoms with Gasteiger partial charge in [-0.15, -0.1) is 0 Å². The summed E-state index contributed by atoms with van der Waals surface area (Å²) in [6, 6.07) is 13.9. The Hall–Kier alpha value is -2.40. The number of nitrogens with one attached hydrogen (secondary N) is 1. The number of rotatable bonds is 4. The van der Waals surface area contributed by atoms with Crippen LogP contribution in [0, 0.1) is 5.82 Å². The number of ether oxygens (including phenoxy) is 1. The van der Waals surface area contributed by atoms with Crippen LogP contribution in [-0.4, -0.2) is 44.1 Å². The molecule has 2 aromatic rings. The van der Waals surface area contributed by atoms with E-state index >= 15 is 0 Å². The lowest BCUT2D eigenvalue weighted by Crippen LogP contribution is -3.13. The number of methoxy groups -OCH3 is 1. The Labute approximate surface area is 141 Å². The van der Waals surface area contributed by atoms with E-state index in [1.807, 2.05) is 18.2 Å². The molecule has 0 unspecified atom stereocenters. The summed E-state index contributed by atoms with van der Waals surface area (Å²) in [6.07, 6.45) is 0. The minimum atomic E-state index is -0.374. The first kappa shape index (κ1) is 16.5. The molecule has 1 fully saturated rings. The Morgan fingerprint density at radius 3 is 2.62 bits per heavy atom. The molecule has 0 aromatic heterocycles. The molecule has 1 aliphatic heterocycles. The van der Waals surface area contributed by atoms with Gasteiger partial charge in [-0.1, -0.05) is 18.2 Å². The van der Waals surface area contributed by atoms with Gasteiger partial charge in [-0.3, -0.25) is 4.79 Å². The molecule has 0 atom stereocenters. The lowest BCUT2D eigenvalue weighted by Gasteiger charge is -2.32. The molecule has 24 heavy (non-hydrogen) atoms. The number of carbonyl (C=O) groups excluding carboxylic acids is 1. The minimum Gasteiger partial charge on any atom is -0.496 e. The number of halogens is 1. The zero-order chi connectivity index (χ0) is 16.9. The standard InChI is InChI=1S/C19H21FN2O2/c1-24-18-8-3-2-5-16(18)14-21-9-11-22(12-10-21)19(23)15-6-4-7-17(20)13-15/h2-8,13H,9-12,14H2,1H3/p+1. The van der Waals surface area contributed by atoms with E-state index < -0.39 is 0 Å². The van der Waals surface area contributed by atoms with E-state index in [9.17, 15) is 9.18 Å². The molecule has 0 spiro atoms. The van der Waals surface area contributed by atoms with Crippen molar-refractivity contribution in [3.63, 3.8) is 0 Å². The van der Waals surface area contributed by atoms with Gasteiger partial charge in [-0.25, -0.2) is 4.39 Å². The molecule has 1 aliphatic rings. The van der Waals surface area contributed by atoms with Gasteiger partial charge < -0.3 is 14.5 Å². The summed E-state index contributed by atoms with van der Waals surface area (Å²) in [5.41, 5.74) is 1.60. The van der Waals surface area contributed by atoms with Crippen LogP contribution in [0.3, 0.4) is 0 Å². The first-order valence-corrected chi connectivity index (χ1v) is 8.17. The van der Waals surface area contributed by atoms with Crippen LogP contribution in [0.1, 0.15) is 15.9 Å². The minimum absolute atomic E-state index is 0.0918. The summed E-state index contributed by atoms with van der Waals surface area (Å²) in [7, 11) is 1.68.